The number of carbonyl (C=O) groups is 1. The Hall–Kier alpha value is -1.39. The fraction of sp³-hybridized carbons (Fsp3) is 0.308. The van der Waals surface area contributed by atoms with Gasteiger partial charge in [0.25, 0.3) is 0 Å². The molecule has 0 amide bonds. The van der Waals surface area contributed by atoms with E-state index in [0.29, 0.717) is 6.42 Å². The van der Waals surface area contributed by atoms with Crippen LogP contribution in [0.3, 0.4) is 0 Å². The zero-order valence-electron chi connectivity index (χ0n) is 9.27. The van der Waals surface area contributed by atoms with Crippen LogP contribution in [0.1, 0.15) is 18.4 Å². The Balaban J connectivity index is 2.25. The Morgan fingerprint density at radius 2 is 2.29 bits per heavy atom. The van der Waals surface area contributed by atoms with E-state index in [9.17, 15) is 9.90 Å². The van der Waals surface area contributed by atoms with E-state index in [1.54, 1.807) is 11.3 Å². The molecule has 2 aromatic rings. The molecule has 1 aliphatic heterocycles. The molecule has 0 aliphatic carbocycles. The van der Waals surface area contributed by atoms with Crippen molar-refractivity contribution in [1.82, 2.24) is 5.32 Å². The van der Waals surface area contributed by atoms with Gasteiger partial charge in [-0.3, -0.25) is 5.32 Å². The molecular weight excluding hydrogens is 234 g/mol. The van der Waals surface area contributed by atoms with Gasteiger partial charge >= 0.3 is 5.97 Å². The number of benzene rings is 1. The first kappa shape index (κ1) is 10.7. The smallest absolute Gasteiger partial charge is 0.328 e. The van der Waals surface area contributed by atoms with Crippen LogP contribution in [0.5, 0.6) is 0 Å². The van der Waals surface area contributed by atoms with E-state index in [1.165, 1.54) is 0 Å². The van der Waals surface area contributed by atoms with E-state index in [-0.39, 0.29) is 0 Å². The molecule has 0 saturated carbocycles. The van der Waals surface area contributed by atoms with Crippen molar-refractivity contribution in [2.75, 3.05) is 6.54 Å². The summed E-state index contributed by atoms with van der Waals surface area (Å²) in [5.74, 6) is -0.768. The van der Waals surface area contributed by atoms with E-state index in [0.717, 1.165) is 28.6 Å². The lowest BCUT2D eigenvalue weighted by Gasteiger charge is -2.25. The number of carboxylic acid groups (broad SMARTS) is 1. The summed E-state index contributed by atoms with van der Waals surface area (Å²) in [6, 6.07) is 7.94. The van der Waals surface area contributed by atoms with Gasteiger partial charge in [0.1, 0.15) is 5.54 Å². The van der Waals surface area contributed by atoms with E-state index < -0.39 is 11.5 Å². The van der Waals surface area contributed by atoms with E-state index in [2.05, 4.69) is 5.32 Å². The Kier molecular flexibility index (Phi) is 2.42. The van der Waals surface area contributed by atoms with E-state index in [1.807, 2.05) is 29.6 Å². The SMILES string of the molecule is O=C(O)C1(c2cccc3ccsc23)CCCN1. The summed E-state index contributed by atoms with van der Waals surface area (Å²) in [5.41, 5.74) is 0.0275. The number of hydrogen-bond donors (Lipinski definition) is 2. The summed E-state index contributed by atoms with van der Waals surface area (Å²) < 4.78 is 1.09. The summed E-state index contributed by atoms with van der Waals surface area (Å²) in [7, 11) is 0. The predicted molar refractivity (Wildman–Crippen MR) is 68.4 cm³/mol. The molecule has 88 valence electrons. The van der Waals surface area contributed by atoms with Crippen molar-refractivity contribution in [1.29, 1.82) is 0 Å². The number of rotatable bonds is 2. The highest BCUT2D eigenvalue weighted by Gasteiger charge is 2.43. The maximum absolute atomic E-state index is 11.6. The summed E-state index contributed by atoms with van der Waals surface area (Å²) in [4.78, 5) is 11.6. The monoisotopic (exact) mass is 247 g/mol. The van der Waals surface area contributed by atoms with Crippen LogP contribution in [-0.2, 0) is 10.3 Å². The van der Waals surface area contributed by atoms with Crippen LogP contribution in [0.15, 0.2) is 29.6 Å². The molecule has 0 spiro atoms. The Morgan fingerprint density at radius 3 is 3.00 bits per heavy atom. The van der Waals surface area contributed by atoms with Gasteiger partial charge in [0, 0.05) is 10.3 Å². The molecule has 2 N–H and O–H groups in total. The lowest BCUT2D eigenvalue weighted by Crippen LogP contribution is -2.44. The molecule has 3 rings (SSSR count). The quantitative estimate of drug-likeness (QED) is 0.857. The van der Waals surface area contributed by atoms with Crippen molar-refractivity contribution in [3.05, 3.63) is 35.2 Å². The molecule has 4 heteroatoms. The molecule has 1 aromatic heterocycles. The fourth-order valence-corrected chi connectivity index (χ4v) is 3.59. The Labute approximate surface area is 103 Å². The van der Waals surface area contributed by atoms with Gasteiger partial charge in [-0.2, -0.15) is 0 Å². The zero-order chi connectivity index (χ0) is 11.9. The predicted octanol–water partition coefficient (Wildman–Crippen LogP) is 2.56. The molecule has 1 aromatic carbocycles. The number of hydrogen-bond acceptors (Lipinski definition) is 3. The highest BCUT2D eigenvalue weighted by Crippen LogP contribution is 2.37. The fourth-order valence-electron chi connectivity index (χ4n) is 2.60. The van der Waals surface area contributed by atoms with Gasteiger partial charge in [-0.15, -0.1) is 11.3 Å². The molecule has 0 bridgehead atoms. The van der Waals surface area contributed by atoms with Gasteiger partial charge in [0.05, 0.1) is 0 Å². The van der Waals surface area contributed by atoms with Gasteiger partial charge in [0.2, 0.25) is 0 Å². The first-order chi connectivity index (χ1) is 8.24. The highest BCUT2D eigenvalue weighted by atomic mass is 32.1. The average molecular weight is 247 g/mol. The van der Waals surface area contributed by atoms with Crippen LogP contribution in [0.25, 0.3) is 10.1 Å². The second-order valence-electron chi connectivity index (χ2n) is 4.39. The lowest BCUT2D eigenvalue weighted by molar-refractivity contribution is -0.144. The van der Waals surface area contributed by atoms with Crippen LogP contribution < -0.4 is 5.32 Å². The lowest BCUT2D eigenvalue weighted by atomic mass is 9.88. The Morgan fingerprint density at radius 1 is 1.41 bits per heavy atom. The van der Waals surface area contributed by atoms with Crippen LogP contribution in [0.4, 0.5) is 0 Å². The number of fused-ring (bicyclic) bond motifs is 1. The second-order valence-corrected chi connectivity index (χ2v) is 5.30. The molecule has 1 atom stereocenters. The van der Waals surface area contributed by atoms with Crippen LogP contribution >= 0.6 is 11.3 Å². The average Bonchev–Trinajstić information content (AvgIpc) is 2.98. The van der Waals surface area contributed by atoms with Crippen molar-refractivity contribution >= 4 is 27.4 Å². The minimum atomic E-state index is -0.885. The number of aliphatic carboxylic acids is 1. The second kappa shape index (κ2) is 3.82. The first-order valence-electron chi connectivity index (χ1n) is 5.69. The van der Waals surface area contributed by atoms with Gasteiger partial charge in [0.15, 0.2) is 0 Å². The van der Waals surface area contributed by atoms with E-state index in [4.69, 9.17) is 0 Å². The molecule has 0 radical (unpaired) electrons. The van der Waals surface area contributed by atoms with Crippen LogP contribution in [0.2, 0.25) is 0 Å². The standard InChI is InChI=1S/C13H13NO2S/c15-12(16)13(6-2-7-14-13)10-4-1-3-9-5-8-17-11(9)10/h1,3-5,8,14H,2,6-7H2,(H,15,16). The maximum Gasteiger partial charge on any atom is 0.328 e. The molecule has 17 heavy (non-hydrogen) atoms. The van der Waals surface area contributed by atoms with E-state index >= 15 is 0 Å². The first-order valence-corrected chi connectivity index (χ1v) is 6.57. The summed E-state index contributed by atoms with van der Waals surface area (Å²) in [6.45, 7) is 0.772. The number of thiophene rings is 1. The summed E-state index contributed by atoms with van der Waals surface area (Å²) >= 11 is 1.61. The van der Waals surface area contributed by atoms with Crippen molar-refractivity contribution in [3.63, 3.8) is 0 Å². The van der Waals surface area contributed by atoms with Crippen molar-refractivity contribution in [3.8, 4) is 0 Å². The topological polar surface area (TPSA) is 49.3 Å². The molecule has 1 unspecified atom stereocenters. The molecule has 1 saturated heterocycles. The largest absolute Gasteiger partial charge is 0.480 e. The minimum absolute atomic E-state index is 0.666. The van der Waals surface area contributed by atoms with Gasteiger partial charge in [-0.1, -0.05) is 18.2 Å². The van der Waals surface area contributed by atoms with Crippen LogP contribution in [-0.4, -0.2) is 17.6 Å². The van der Waals surface area contributed by atoms with Gasteiger partial charge < -0.3 is 5.11 Å². The summed E-state index contributed by atoms with van der Waals surface area (Å²) in [6.07, 6.45) is 1.58. The number of nitrogens with one attached hydrogen (secondary N) is 1. The third kappa shape index (κ3) is 1.48. The van der Waals surface area contributed by atoms with Gasteiger partial charge in [-0.25, -0.2) is 4.79 Å². The van der Waals surface area contributed by atoms with Crippen molar-refractivity contribution < 1.29 is 9.90 Å². The molecule has 2 heterocycles. The molecular formula is C13H13NO2S. The highest BCUT2D eigenvalue weighted by molar-refractivity contribution is 7.17. The normalized spacial score (nSPS) is 24.2. The third-order valence-electron chi connectivity index (χ3n) is 3.46. The summed E-state index contributed by atoms with van der Waals surface area (Å²) in [5, 5.41) is 15.9. The van der Waals surface area contributed by atoms with Crippen LogP contribution in [0, 0.1) is 0 Å². The minimum Gasteiger partial charge on any atom is -0.480 e. The van der Waals surface area contributed by atoms with Crippen molar-refractivity contribution in [2.45, 2.75) is 18.4 Å². The van der Waals surface area contributed by atoms with Gasteiger partial charge in [-0.05, 0) is 36.2 Å². The Bertz CT molecular complexity index is 570. The van der Waals surface area contributed by atoms with Crippen molar-refractivity contribution in [2.24, 2.45) is 0 Å². The molecule has 1 fully saturated rings. The number of carboxylic acids is 1. The maximum atomic E-state index is 11.6. The third-order valence-corrected chi connectivity index (χ3v) is 4.42. The molecule has 1 aliphatic rings. The molecule has 3 nitrogen and oxygen atoms in total. The zero-order valence-corrected chi connectivity index (χ0v) is 10.1.